The van der Waals surface area contributed by atoms with E-state index < -0.39 is 5.97 Å². The fourth-order valence-electron chi connectivity index (χ4n) is 1.90. The van der Waals surface area contributed by atoms with Gasteiger partial charge in [-0.2, -0.15) is 0 Å². The molecule has 3 nitrogen and oxygen atoms in total. The van der Waals surface area contributed by atoms with Gasteiger partial charge < -0.3 is 10.4 Å². The van der Waals surface area contributed by atoms with E-state index in [0.29, 0.717) is 0 Å². The third kappa shape index (κ3) is 2.32. The van der Waals surface area contributed by atoms with Crippen molar-refractivity contribution >= 4 is 23.4 Å². The van der Waals surface area contributed by atoms with Gasteiger partial charge in [-0.3, -0.25) is 4.79 Å². The first-order valence-corrected chi connectivity index (χ1v) is 6.56. The molecule has 0 aliphatic heterocycles. The van der Waals surface area contributed by atoms with Gasteiger partial charge in [0.25, 0.3) is 0 Å². The van der Waals surface area contributed by atoms with E-state index >= 15 is 0 Å². The lowest BCUT2D eigenvalue weighted by atomic mass is 9.79. The molecule has 2 unspecified atom stereocenters. The number of carboxylic acids is 1. The first-order chi connectivity index (χ1) is 7.70. The third-order valence-corrected chi connectivity index (χ3v) is 3.74. The smallest absolute Gasteiger partial charge is 0.308 e. The first-order valence-electron chi connectivity index (χ1n) is 5.34. The molecule has 0 saturated heterocycles. The highest BCUT2D eigenvalue weighted by molar-refractivity contribution is 7.98. The molecule has 0 bridgehead atoms. The number of hydrogen-bond acceptors (Lipinski definition) is 3. The summed E-state index contributed by atoms with van der Waals surface area (Å²) < 4.78 is 0. The number of carbonyl (C=O) groups is 1. The Morgan fingerprint density at radius 2 is 2.31 bits per heavy atom. The Morgan fingerprint density at radius 1 is 1.50 bits per heavy atom. The molecule has 86 valence electrons. The number of anilines is 1. The standard InChI is InChI=1S/C12H15NO2S/c1-16-9-4-2-3-8(7-9)13-11-6-5-10(11)12(14)15/h2-4,7,10-11,13H,5-6H2,1H3,(H,14,15). The van der Waals surface area contributed by atoms with Gasteiger partial charge in [-0.1, -0.05) is 6.07 Å². The Balaban J connectivity index is 2.01. The highest BCUT2D eigenvalue weighted by Crippen LogP contribution is 2.31. The van der Waals surface area contributed by atoms with Crippen molar-refractivity contribution in [3.8, 4) is 0 Å². The monoisotopic (exact) mass is 237 g/mol. The molecule has 0 amide bonds. The molecular weight excluding hydrogens is 222 g/mol. The molecular formula is C12H15NO2S. The number of aliphatic carboxylic acids is 1. The van der Waals surface area contributed by atoms with Crippen LogP contribution in [-0.4, -0.2) is 23.4 Å². The Labute approximate surface area is 99.2 Å². The van der Waals surface area contributed by atoms with Crippen molar-refractivity contribution in [2.75, 3.05) is 11.6 Å². The van der Waals surface area contributed by atoms with Gasteiger partial charge in [0.15, 0.2) is 0 Å². The molecule has 2 N–H and O–H groups in total. The predicted octanol–water partition coefficient (Wildman–Crippen LogP) is 2.68. The minimum absolute atomic E-state index is 0.0922. The highest BCUT2D eigenvalue weighted by atomic mass is 32.2. The lowest BCUT2D eigenvalue weighted by Crippen LogP contribution is -2.42. The van der Waals surface area contributed by atoms with Crippen molar-refractivity contribution < 1.29 is 9.90 Å². The van der Waals surface area contributed by atoms with Crippen LogP contribution in [0.1, 0.15) is 12.8 Å². The summed E-state index contributed by atoms with van der Waals surface area (Å²) in [5, 5.41) is 12.2. The van der Waals surface area contributed by atoms with E-state index in [1.165, 1.54) is 4.90 Å². The predicted molar refractivity (Wildman–Crippen MR) is 66.0 cm³/mol. The van der Waals surface area contributed by atoms with Crippen LogP contribution in [-0.2, 0) is 4.79 Å². The van der Waals surface area contributed by atoms with E-state index in [4.69, 9.17) is 5.11 Å². The van der Waals surface area contributed by atoms with Crippen LogP contribution >= 0.6 is 11.8 Å². The Morgan fingerprint density at radius 3 is 2.88 bits per heavy atom. The molecule has 4 heteroatoms. The van der Waals surface area contributed by atoms with Crippen LogP contribution in [0.5, 0.6) is 0 Å². The summed E-state index contributed by atoms with van der Waals surface area (Å²) in [7, 11) is 0. The van der Waals surface area contributed by atoms with Crippen LogP contribution in [0.2, 0.25) is 0 Å². The van der Waals surface area contributed by atoms with E-state index in [1.54, 1.807) is 11.8 Å². The number of rotatable bonds is 4. The van der Waals surface area contributed by atoms with Crippen molar-refractivity contribution in [2.24, 2.45) is 5.92 Å². The molecule has 2 rings (SSSR count). The van der Waals surface area contributed by atoms with Gasteiger partial charge in [0, 0.05) is 16.6 Å². The summed E-state index contributed by atoms with van der Waals surface area (Å²) in [6.07, 6.45) is 3.76. The summed E-state index contributed by atoms with van der Waals surface area (Å²) in [5.41, 5.74) is 1.02. The number of benzene rings is 1. The zero-order chi connectivity index (χ0) is 11.5. The Hall–Kier alpha value is -1.16. The SMILES string of the molecule is CSc1cccc(NC2CCC2C(=O)O)c1. The topological polar surface area (TPSA) is 49.3 Å². The molecule has 1 aliphatic carbocycles. The molecule has 0 heterocycles. The van der Waals surface area contributed by atoms with Crippen molar-refractivity contribution in [1.82, 2.24) is 0 Å². The van der Waals surface area contributed by atoms with E-state index in [0.717, 1.165) is 18.5 Å². The maximum atomic E-state index is 10.9. The lowest BCUT2D eigenvalue weighted by Gasteiger charge is -2.34. The van der Waals surface area contributed by atoms with Gasteiger partial charge in [0.05, 0.1) is 5.92 Å². The largest absolute Gasteiger partial charge is 0.481 e. The zero-order valence-electron chi connectivity index (χ0n) is 9.14. The highest BCUT2D eigenvalue weighted by Gasteiger charge is 2.36. The van der Waals surface area contributed by atoms with E-state index in [1.807, 2.05) is 24.5 Å². The van der Waals surface area contributed by atoms with E-state index in [9.17, 15) is 4.79 Å². The molecule has 0 aromatic heterocycles. The van der Waals surface area contributed by atoms with Gasteiger partial charge in [0.1, 0.15) is 0 Å². The summed E-state index contributed by atoms with van der Waals surface area (Å²) in [6, 6.07) is 8.17. The number of carboxylic acid groups (broad SMARTS) is 1. The number of thioether (sulfide) groups is 1. The Bertz CT molecular complexity index is 394. The molecule has 0 spiro atoms. The summed E-state index contributed by atoms with van der Waals surface area (Å²) >= 11 is 1.69. The molecule has 1 saturated carbocycles. The molecule has 1 aromatic rings. The lowest BCUT2D eigenvalue weighted by molar-refractivity contribution is -0.144. The maximum Gasteiger partial charge on any atom is 0.308 e. The number of nitrogens with one attached hydrogen (secondary N) is 1. The summed E-state index contributed by atoms with van der Waals surface area (Å²) in [6.45, 7) is 0. The minimum atomic E-state index is -0.690. The first kappa shape index (κ1) is 11.3. The summed E-state index contributed by atoms with van der Waals surface area (Å²) in [4.78, 5) is 12.1. The summed E-state index contributed by atoms with van der Waals surface area (Å²) in [5.74, 6) is -0.914. The van der Waals surface area contributed by atoms with Gasteiger partial charge in [-0.25, -0.2) is 0 Å². The second-order valence-corrected chi connectivity index (χ2v) is 4.88. The van der Waals surface area contributed by atoms with E-state index in [-0.39, 0.29) is 12.0 Å². The van der Waals surface area contributed by atoms with Crippen molar-refractivity contribution in [2.45, 2.75) is 23.8 Å². The maximum absolute atomic E-state index is 10.9. The molecule has 0 radical (unpaired) electrons. The second-order valence-electron chi connectivity index (χ2n) is 4.00. The van der Waals surface area contributed by atoms with Crippen LogP contribution in [0.3, 0.4) is 0 Å². The zero-order valence-corrected chi connectivity index (χ0v) is 9.96. The van der Waals surface area contributed by atoms with Gasteiger partial charge in [0.2, 0.25) is 0 Å². The van der Waals surface area contributed by atoms with Crippen LogP contribution in [0.15, 0.2) is 29.2 Å². The van der Waals surface area contributed by atoms with Crippen molar-refractivity contribution in [1.29, 1.82) is 0 Å². The van der Waals surface area contributed by atoms with Gasteiger partial charge in [-0.05, 0) is 37.3 Å². The molecule has 2 atom stereocenters. The molecule has 1 aromatic carbocycles. The van der Waals surface area contributed by atoms with Crippen LogP contribution in [0, 0.1) is 5.92 Å². The fourth-order valence-corrected chi connectivity index (χ4v) is 2.35. The molecule has 1 aliphatic rings. The number of hydrogen-bond donors (Lipinski definition) is 2. The third-order valence-electron chi connectivity index (χ3n) is 3.01. The molecule has 16 heavy (non-hydrogen) atoms. The van der Waals surface area contributed by atoms with Crippen LogP contribution < -0.4 is 5.32 Å². The molecule has 1 fully saturated rings. The minimum Gasteiger partial charge on any atom is -0.481 e. The Kier molecular flexibility index (Phi) is 3.39. The van der Waals surface area contributed by atoms with Crippen LogP contribution in [0.4, 0.5) is 5.69 Å². The van der Waals surface area contributed by atoms with E-state index in [2.05, 4.69) is 11.4 Å². The average Bonchev–Trinajstić information content (AvgIpc) is 2.24. The quantitative estimate of drug-likeness (QED) is 0.790. The van der Waals surface area contributed by atoms with Gasteiger partial charge in [-0.15, -0.1) is 11.8 Å². The average molecular weight is 237 g/mol. The second kappa shape index (κ2) is 4.78. The van der Waals surface area contributed by atoms with Gasteiger partial charge >= 0.3 is 5.97 Å². The normalized spacial score (nSPS) is 23.6. The van der Waals surface area contributed by atoms with Crippen molar-refractivity contribution in [3.63, 3.8) is 0 Å². The van der Waals surface area contributed by atoms with Crippen molar-refractivity contribution in [3.05, 3.63) is 24.3 Å². The fraction of sp³-hybridized carbons (Fsp3) is 0.417. The van der Waals surface area contributed by atoms with Crippen LogP contribution in [0.25, 0.3) is 0 Å².